The summed E-state index contributed by atoms with van der Waals surface area (Å²) in [6.45, 7) is 5.01. The van der Waals surface area contributed by atoms with Gasteiger partial charge in [-0.05, 0) is 49.7 Å². The summed E-state index contributed by atoms with van der Waals surface area (Å²) in [5, 5.41) is -0.0219. The fraction of sp³-hybridized carbons (Fsp3) is 0.250. The quantitative estimate of drug-likeness (QED) is 0.350. The van der Waals surface area contributed by atoms with Gasteiger partial charge in [-0.15, -0.1) is 11.6 Å². The minimum Gasteiger partial charge on any atom is -0.493 e. The second-order valence-electron chi connectivity index (χ2n) is 5.99. The van der Waals surface area contributed by atoms with Crippen LogP contribution in [-0.4, -0.2) is 39.6 Å². The molecule has 0 aliphatic carbocycles. The Morgan fingerprint density at radius 1 is 1.10 bits per heavy atom. The maximum Gasteiger partial charge on any atom is 0.303 e. The van der Waals surface area contributed by atoms with Gasteiger partial charge in [-0.25, -0.2) is 8.42 Å². The van der Waals surface area contributed by atoms with E-state index >= 15 is 0 Å². The molecule has 0 aliphatic rings. The lowest BCUT2D eigenvalue weighted by Crippen LogP contribution is -2.25. The Kier molecular flexibility index (Phi) is 9.09. The van der Waals surface area contributed by atoms with Crippen LogP contribution in [0.1, 0.15) is 6.92 Å². The summed E-state index contributed by atoms with van der Waals surface area (Å²) in [6, 6.07) is 8.40. The molecule has 2 radical (unpaired) electrons. The van der Waals surface area contributed by atoms with Crippen molar-refractivity contribution in [1.29, 1.82) is 0 Å². The summed E-state index contributed by atoms with van der Waals surface area (Å²) in [4.78, 5) is 11.0. The van der Waals surface area contributed by atoms with Crippen molar-refractivity contribution in [1.82, 2.24) is 0 Å². The van der Waals surface area contributed by atoms with Gasteiger partial charge in [0.05, 0.1) is 32.3 Å². The number of halogens is 3. The highest BCUT2D eigenvalue weighted by Crippen LogP contribution is 2.37. The van der Waals surface area contributed by atoms with Crippen molar-refractivity contribution in [3.05, 3.63) is 59.8 Å². The van der Waals surface area contributed by atoms with E-state index in [1.165, 1.54) is 31.2 Å². The molecule has 0 unspecified atom stereocenters. The summed E-state index contributed by atoms with van der Waals surface area (Å²) in [6.07, 6.45) is 0.876. The monoisotopic (exact) mass is 492 g/mol. The minimum absolute atomic E-state index is 0.00773. The summed E-state index contributed by atoms with van der Waals surface area (Å²) in [7, 11) is -3.88. The third kappa shape index (κ3) is 6.41. The Bertz CT molecular complexity index is 954. The Morgan fingerprint density at radius 3 is 2.20 bits per heavy atom. The first-order chi connectivity index (χ1) is 14.2. The molecule has 0 fully saturated rings. The first-order valence-electron chi connectivity index (χ1n) is 8.63. The van der Waals surface area contributed by atoms with E-state index in [0.29, 0.717) is 12.4 Å². The predicted octanol–water partition coefficient (Wildman–Crippen LogP) is 4.79. The number of carbonyl (C=O) groups excluding carboxylic acids is 1. The molecule has 6 nitrogen and oxygen atoms in total. The van der Waals surface area contributed by atoms with Crippen molar-refractivity contribution in [2.45, 2.75) is 22.8 Å². The molecular formula is C20H19Cl3O6S. The Hall–Kier alpha value is -1.67. The van der Waals surface area contributed by atoms with Crippen molar-refractivity contribution >= 4 is 50.6 Å². The Balaban J connectivity index is 2.23. The molecular weight excluding hydrogens is 475 g/mol. The van der Waals surface area contributed by atoms with E-state index in [0.717, 1.165) is 0 Å². The number of rotatable bonds is 10. The maximum absolute atomic E-state index is 12.9. The van der Waals surface area contributed by atoms with Gasteiger partial charge in [0.15, 0.2) is 5.75 Å². The second-order valence-corrected chi connectivity index (χ2v) is 9.06. The van der Waals surface area contributed by atoms with Gasteiger partial charge in [0, 0.05) is 6.92 Å². The van der Waals surface area contributed by atoms with Crippen LogP contribution in [0.5, 0.6) is 11.5 Å². The number of hydrogen-bond acceptors (Lipinski definition) is 6. The highest BCUT2D eigenvalue weighted by molar-refractivity contribution is 7.91. The fourth-order valence-corrected chi connectivity index (χ4v) is 4.55. The number of alkyl halides is 1. The van der Waals surface area contributed by atoms with Crippen LogP contribution in [0.25, 0.3) is 0 Å². The average molecular weight is 494 g/mol. The van der Waals surface area contributed by atoms with Gasteiger partial charge in [-0.3, -0.25) is 4.79 Å². The molecule has 10 heteroatoms. The third-order valence-corrected chi connectivity index (χ3v) is 6.36. The lowest BCUT2D eigenvalue weighted by Gasteiger charge is -2.17. The van der Waals surface area contributed by atoms with Gasteiger partial charge >= 0.3 is 5.97 Å². The fourth-order valence-electron chi connectivity index (χ4n) is 2.36. The number of carbonyl (C=O) groups is 1. The second kappa shape index (κ2) is 11.1. The first-order valence-corrected chi connectivity index (χ1v) is 11.4. The van der Waals surface area contributed by atoms with Crippen molar-refractivity contribution in [2.75, 3.05) is 19.1 Å². The van der Waals surface area contributed by atoms with E-state index in [1.54, 1.807) is 18.6 Å². The molecule has 0 N–H and O–H groups in total. The van der Waals surface area contributed by atoms with Crippen LogP contribution in [0.15, 0.2) is 46.2 Å². The summed E-state index contributed by atoms with van der Waals surface area (Å²) in [5.41, 5.74) is 0. The lowest BCUT2D eigenvalue weighted by atomic mass is 10.3. The van der Waals surface area contributed by atoms with Crippen molar-refractivity contribution in [2.24, 2.45) is 0 Å². The molecule has 2 aromatic carbocycles. The zero-order valence-electron chi connectivity index (χ0n) is 15.9. The minimum atomic E-state index is -3.88. The van der Waals surface area contributed by atoms with Crippen LogP contribution in [0.2, 0.25) is 10.0 Å². The molecule has 0 saturated carbocycles. The van der Waals surface area contributed by atoms with Crippen LogP contribution in [0.3, 0.4) is 0 Å². The lowest BCUT2D eigenvalue weighted by molar-refractivity contribution is -0.146. The predicted molar refractivity (Wildman–Crippen MR) is 115 cm³/mol. The largest absolute Gasteiger partial charge is 0.493 e. The average Bonchev–Trinajstić information content (AvgIpc) is 2.70. The van der Waals surface area contributed by atoms with E-state index in [4.69, 9.17) is 49.0 Å². The Labute approximate surface area is 190 Å². The summed E-state index contributed by atoms with van der Waals surface area (Å²) < 4.78 is 41.7. The number of sulfone groups is 1. The van der Waals surface area contributed by atoms with E-state index in [2.05, 4.69) is 6.92 Å². The van der Waals surface area contributed by atoms with Crippen LogP contribution < -0.4 is 9.47 Å². The van der Waals surface area contributed by atoms with Crippen LogP contribution in [0, 0.1) is 13.3 Å². The normalized spacial score (nSPS) is 12.3. The van der Waals surface area contributed by atoms with Crippen LogP contribution >= 0.6 is 34.8 Å². The topological polar surface area (TPSA) is 78.9 Å². The number of hydrogen-bond donors (Lipinski definition) is 0. The van der Waals surface area contributed by atoms with Gasteiger partial charge in [-0.2, -0.15) is 0 Å². The first kappa shape index (κ1) is 24.6. The SMILES string of the molecule is [CH2][CH]COc1ccc(S(=O)(=O)c2cc(Cl)c(OC[C@@H](CCl)OC(C)=O)c(Cl)c2)cc1. The molecule has 0 aliphatic heterocycles. The molecule has 0 saturated heterocycles. The molecule has 0 bridgehead atoms. The van der Waals surface area contributed by atoms with Gasteiger partial charge in [0.25, 0.3) is 0 Å². The van der Waals surface area contributed by atoms with Gasteiger partial charge < -0.3 is 14.2 Å². The Morgan fingerprint density at radius 2 is 1.70 bits per heavy atom. The van der Waals surface area contributed by atoms with E-state index in [9.17, 15) is 13.2 Å². The molecule has 2 rings (SSSR count). The zero-order chi connectivity index (χ0) is 22.3. The highest BCUT2D eigenvalue weighted by atomic mass is 35.5. The zero-order valence-corrected chi connectivity index (χ0v) is 19.0. The molecule has 0 aromatic heterocycles. The molecule has 0 spiro atoms. The van der Waals surface area contributed by atoms with Gasteiger partial charge in [-0.1, -0.05) is 23.2 Å². The van der Waals surface area contributed by atoms with Crippen molar-refractivity contribution in [3.63, 3.8) is 0 Å². The molecule has 0 amide bonds. The van der Waals surface area contributed by atoms with Crippen molar-refractivity contribution in [3.8, 4) is 11.5 Å². The maximum atomic E-state index is 12.9. The highest BCUT2D eigenvalue weighted by Gasteiger charge is 2.22. The standard InChI is InChI=1S/C20H19Cl3O6S/c1-3-8-27-14-4-6-16(7-5-14)30(25,26)17-9-18(22)20(19(23)10-17)28-12-15(11-21)29-13(2)24/h3-7,9-10,15H,1,8,11-12H2,2H3/t15-/m1/s1. The number of benzene rings is 2. The summed E-state index contributed by atoms with van der Waals surface area (Å²) >= 11 is 18.1. The molecule has 1 atom stereocenters. The van der Waals surface area contributed by atoms with Gasteiger partial charge in [0.2, 0.25) is 9.84 Å². The number of esters is 1. The molecule has 0 heterocycles. The third-order valence-electron chi connectivity index (χ3n) is 3.70. The smallest absolute Gasteiger partial charge is 0.303 e. The van der Waals surface area contributed by atoms with E-state index in [1.807, 2.05) is 0 Å². The number of ether oxygens (including phenoxy) is 3. The van der Waals surface area contributed by atoms with E-state index < -0.39 is 21.9 Å². The van der Waals surface area contributed by atoms with Crippen LogP contribution in [-0.2, 0) is 19.4 Å². The summed E-state index contributed by atoms with van der Waals surface area (Å²) in [5.74, 6) is 0.0696. The van der Waals surface area contributed by atoms with E-state index in [-0.39, 0.29) is 38.1 Å². The van der Waals surface area contributed by atoms with Gasteiger partial charge in [0.1, 0.15) is 18.5 Å². The molecule has 162 valence electrons. The molecule has 30 heavy (non-hydrogen) atoms. The molecule has 2 aromatic rings. The van der Waals surface area contributed by atoms with Crippen molar-refractivity contribution < 1.29 is 27.4 Å². The van der Waals surface area contributed by atoms with Crippen LogP contribution in [0.4, 0.5) is 0 Å².